The number of hydrogen-bond donors (Lipinski definition) is 2. The highest BCUT2D eigenvalue weighted by Gasteiger charge is 2.49. The maximum absolute atomic E-state index is 11.9. The van der Waals surface area contributed by atoms with E-state index in [1.165, 1.54) is 4.31 Å². The first kappa shape index (κ1) is 22.1. The molecule has 1 aliphatic rings. The molecule has 0 atom stereocenters. The molecule has 13 heteroatoms. The van der Waals surface area contributed by atoms with Gasteiger partial charge in [0.05, 0.1) is 35.5 Å². The summed E-state index contributed by atoms with van der Waals surface area (Å²) in [7, 11) is -3.36. The number of hydrogen-bond acceptors (Lipinski definition) is 8. The van der Waals surface area contributed by atoms with Crippen molar-refractivity contribution in [2.45, 2.75) is 12.0 Å². The van der Waals surface area contributed by atoms with E-state index in [1.807, 2.05) is 18.2 Å². The molecule has 0 aromatic carbocycles. The van der Waals surface area contributed by atoms with Crippen LogP contribution in [0, 0.1) is 11.3 Å². The van der Waals surface area contributed by atoms with Crippen molar-refractivity contribution in [3.63, 3.8) is 0 Å². The number of fused-ring (bicyclic) bond motifs is 2. The summed E-state index contributed by atoms with van der Waals surface area (Å²) in [5, 5.41) is 14.9. The third kappa shape index (κ3) is 3.55. The van der Waals surface area contributed by atoms with Gasteiger partial charge in [-0.1, -0.05) is 0 Å². The number of nitriles is 1. The van der Waals surface area contributed by atoms with Crippen molar-refractivity contribution in [3.8, 4) is 28.7 Å². The molecule has 0 amide bonds. The number of sulfonamides is 1. The minimum atomic E-state index is -3.36. The number of aromatic nitrogens is 7. The summed E-state index contributed by atoms with van der Waals surface area (Å²) in [5.74, 6) is 0. The first-order valence-electron chi connectivity index (χ1n) is 11.0. The molecule has 12 nitrogen and oxygen atoms in total. The third-order valence-electron chi connectivity index (χ3n) is 6.40. The fourth-order valence-electron chi connectivity index (χ4n) is 4.52. The van der Waals surface area contributed by atoms with Crippen LogP contribution >= 0.6 is 0 Å². The van der Waals surface area contributed by atoms with Crippen molar-refractivity contribution in [2.24, 2.45) is 0 Å². The molecule has 0 aliphatic carbocycles. The molecule has 1 fully saturated rings. The van der Waals surface area contributed by atoms with Crippen LogP contribution in [0.3, 0.4) is 0 Å². The zero-order valence-electron chi connectivity index (χ0n) is 19.0. The Morgan fingerprint density at radius 3 is 2.78 bits per heavy atom. The lowest BCUT2D eigenvalue weighted by atomic mass is 9.89. The number of rotatable bonds is 5. The van der Waals surface area contributed by atoms with Gasteiger partial charge in [0.25, 0.3) is 0 Å². The molecule has 1 aliphatic heterocycles. The van der Waals surface area contributed by atoms with Crippen LogP contribution < -0.4 is 5.69 Å². The monoisotopic (exact) mass is 501 g/mol. The zero-order chi connectivity index (χ0) is 25.1. The lowest BCUT2D eigenvalue weighted by Crippen LogP contribution is -2.63. The predicted octanol–water partition coefficient (Wildman–Crippen LogP) is 1.61. The van der Waals surface area contributed by atoms with Crippen LogP contribution in [0.4, 0.5) is 0 Å². The van der Waals surface area contributed by atoms with Gasteiger partial charge in [-0.25, -0.2) is 23.2 Å². The highest BCUT2D eigenvalue weighted by atomic mass is 32.2. The fraction of sp³-hybridized carbons (Fsp3) is 0.217. The van der Waals surface area contributed by atoms with Gasteiger partial charge >= 0.3 is 5.69 Å². The molecule has 2 N–H and O–H groups in total. The van der Waals surface area contributed by atoms with E-state index < -0.39 is 15.6 Å². The third-order valence-corrected chi connectivity index (χ3v) is 7.60. The summed E-state index contributed by atoms with van der Waals surface area (Å²) >= 11 is 0. The van der Waals surface area contributed by atoms with Gasteiger partial charge in [0.2, 0.25) is 10.0 Å². The average Bonchev–Trinajstić information content (AvgIpc) is 3.45. The predicted molar refractivity (Wildman–Crippen MR) is 131 cm³/mol. The van der Waals surface area contributed by atoms with Gasteiger partial charge in [-0.2, -0.15) is 14.7 Å². The fourth-order valence-corrected chi connectivity index (χ4v) is 5.47. The number of imidazole rings is 1. The number of aromatic amines is 2. The van der Waals surface area contributed by atoms with Crippen LogP contribution in [0.2, 0.25) is 0 Å². The SMILES string of the molecule is CS(=O)(=O)N1CC(CC#N)(n2ccc(-c3nc(-c4cnc5[nH]c(=O)[nH]c5c4)cc4ncccc34)n2)C1. The Kier molecular flexibility index (Phi) is 4.79. The van der Waals surface area contributed by atoms with Crippen molar-refractivity contribution in [1.29, 1.82) is 5.26 Å². The largest absolute Gasteiger partial charge is 0.325 e. The molecular formula is C23H19N9O3S. The number of nitrogens with one attached hydrogen (secondary N) is 2. The second kappa shape index (κ2) is 7.80. The van der Waals surface area contributed by atoms with Gasteiger partial charge in [-0.05, 0) is 30.3 Å². The highest BCUT2D eigenvalue weighted by molar-refractivity contribution is 7.88. The Labute approximate surface area is 204 Å². The Morgan fingerprint density at radius 1 is 1.17 bits per heavy atom. The normalized spacial score (nSPS) is 15.7. The number of nitrogens with zero attached hydrogens (tertiary/aromatic N) is 7. The molecule has 180 valence electrons. The molecule has 0 saturated carbocycles. The Hall–Kier alpha value is -4.41. The van der Waals surface area contributed by atoms with E-state index in [-0.39, 0.29) is 25.2 Å². The van der Waals surface area contributed by atoms with Crippen LogP contribution in [0.15, 0.2) is 53.7 Å². The molecule has 1 saturated heterocycles. The zero-order valence-corrected chi connectivity index (χ0v) is 19.8. The van der Waals surface area contributed by atoms with Crippen molar-refractivity contribution in [2.75, 3.05) is 19.3 Å². The van der Waals surface area contributed by atoms with E-state index in [0.29, 0.717) is 39.3 Å². The van der Waals surface area contributed by atoms with Gasteiger partial charge in [-0.15, -0.1) is 0 Å². The molecule has 0 unspecified atom stereocenters. The van der Waals surface area contributed by atoms with E-state index in [2.05, 4.69) is 26.0 Å². The Morgan fingerprint density at radius 2 is 2.00 bits per heavy atom. The molecule has 5 aromatic heterocycles. The standard InChI is InChI=1S/C23H19N9O3S/c1-36(34,35)31-12-23(13-31,5-6-24)32-8-4-16(30-32)20-15-3-2-7-25-18(15)10-17(27-20)14-9-19-21(26-11-14)29-22(33)28-19/h2-4,7-11H,5,12-13H2,1H3,(H2,26,28,29,33). The summed E-state index contributed by atoms with van der Waals surface area (Å²) in [4.78, 5) is 30.6. The summed E-state index contributed by atoms with van der Waals surface area (Å²) in [6.45, 7) is 0.355. The smallest absolute Gasteiger partial charge is 0.304 e. The van der Waals surface area contributed by atoms with Crippen LogP contribution in [-0.4, -0.2) is 66.8 Å². The summed E-state index contributed by atoms with van der Waals surface area (Å²) in [6, 6.07) is 11.3. The maximum atomic E-state index is 11.9. The first-order chi connectivity index (χ1) is 17.3. The molecule has 36 heavy (non-hydrogen) atoms. The van der Waals surface area contributed by atoms with Gasteiger partial charge in [0.1, 0.15) is 16.9 Å². The summed E-state index contributed by atoms with van der Waals surface area (Å²) in [6.07, 6.45) is 6.34. The maximum Gasteiger partial charge on any atom is 0.325 e. The first-order valence-corrected chi connectivity index (χ1v) is 12.8. The quantitative estimate of drug-likeness (QED) is 0.366. The lowest BCUT2D eigenvalue weighted by Gasteiger charge is -2.47. The average molecular weight is 502 g/mol. The molecule has 0 bridgehead atoms. The van der Waals surface area contributed by atoms with Crippen LogP contribution in [-0.2, 0) is 15.6 Å². The van der Waals surface area contributed by atoms with Crippen molar-refractivity contribution in [1.82, 2.24) is 39.0 Å². The second-order valence-electron chi connectivity index (χ2n) is 8.86. The van der Waals surface area contributed by atoms with E-state index in [4.69, 9.17) is 10.1 Å². The van der Waals surface area contributed by atoms with Gasteiger partial charge in [0, 0.05) is 42.6 Å². The molecule has 6 heterocycles. The van der Waals surface area contributed by atoms with E-state index in [1.54, 1.807) is 35.4 Å². The molecular weight excluding hydrogens is 482 g/mol. The van der Waals surface area contributed by atoms with Crippen LogP contribution in [0.1, 0.15) is 6.42 Å². The Bertz CT molecular complexity index is 1860. The topological polar surface area (TPSA) is 166 Å². The van der Waals surface area contributed by atoms with E-state index >= 15 is 0 Å². The van der Waals surface area contributed by atoms with Crippen LogP contribution in [0.25, 0.3) is 44.7 Å². The minimum Gasteiger partial charge on any atom is -0.304 e. The highest BCUT2D eigenvalue weighted by Crippen LogP contribution is 2.36. The second-order valence-corrected chi connectivity index (χ2v) is 10.8. The van der Waals surface area contributed by atoms with Gasteiger partial charge < -0.3 is 4.98 Å². The van der Waals surface area contributed by atoms with E-state index in [0.717, 1.165) is 11.6 Å². The van der Waals surface area contributed by atoms with Crippen molar-refractivity contribution < 1.29 is 8.42 Å². The van der Waals surface area contributed by atoms with Crippen molar-refractivity contribution >= 4 is 32.1 Å². The van der Waals surface area contributed by atoms with E-state index in [9.17, 15) is 18.5 Å². The lowest BCUT2D eigenvalue weighted by molar-refractivity contribution is 0.0726. The summed E-state index contributed by atoms with van der Waals surface area (Å²) in [5.41, 5.74) is 3.07. The van der Waals surface area contributed by atoms with Crippen molar-refractivity contribution in [3.05, 3.63) is 59.4 Å². The van der Waals surface area contributed by atoms with Gasteiger partial charge in [-0.3, -0.25) is 14.6 Å². The molecule has 5 aromatic rings. The number of pyridine rings is 3. The van der Waals surface area contributed by atoms with Gasteiger partial charge in [0.15, 0.2) is 5.65 Å². The minimum absolute atomic E-state index is 0.121. The number of H-pyrrole nitrogens is 2. The Balaban J connectivity index is 1.45. The molecule has 0 spiro atoms. The molecule has 0 radical (unpaired) electrons. The molecule has 6 rings (SSSR count). The summed E-state index contributed by atoms with van der Waals surface area (Å²) < 4.78 is 26.9. The van der Waals surface area contributed by atoms with Crippen LogP contribution in [0.5, 0.6) is 0 Å².